The van der Waals surface area contributed by atoms with Gasteiger partial charge in [0.2, 0.25) is 0 Å². The number of ether oxygens (including phenoxy) is 2. The molecule has 0 spiro atoms. The Morgan fingerprint density at radius 2 is 2.11 bits per heavy atom. The quantitative estimate of drug-likeness (QED) is 0.633. The van der Waals surface area contributed by atoms with Crippen LogP contribution in [0.1, 0.15) is 30.0 Å². The van der Waals surface area contributed by atoms with Gasteiger partial charge in [0.25, 0.3) is 0 Å². The molecule has 4 nitrogen and oxygen atoms in total. The van der Waals surface area contributed by atoms with E-state index in [-0.39, 0.29) is 6.04 Å². The number of methoxy groups -OCH3 is 1. The summed E-state index contributed by atoms with van der Waals surface area (Å²) in [5, 5.41) is 0. The molecule has 3 N–H and O–H groups in total. The second-order valence-corrected chi connectivity index (χ2v) is 4.82. The van der Waals surface area contributed by atoms with E-state index in [0.717, 1.165) is 31.8 Å². The van der Waals surface area contributed by atoms with Crippen molar-refractivity contribution >= 4 is 0 Å². The van der Waals surface area contributed by atoms with Crippen LogP contribution in [0.3, 0.4) is 0 Å². The largest absolute Gasteiger partial charge is 0.497 e. The summed E-state index contributed by atoms with van der Waals surface area (Å²) in [5.41, 5.74) is 5.44. The summed E-state index contributed by atoms with van der Waals surface area (Å²) >= 11 is 0. The Kier molecular flexibility index (Phi) is 4.58. The van der Waals surface area contributed by atoms with E-state index in [9.17, 15) is 0 Å². The summed E-state index contributed by atoms with van der Waals surface area (Å²) in [4.78, 5) is 0. The molecule has 0 aliphatic carbocycles. The average molecular weight is 250 g/mol. The van der Waals surface area contributed by atoms with E-state index < -0.39 is 0 Å². The van der Waals surface area contributed by atoms with Crippen LogP contribution in [0.15, 0.2) is 18.2 Å². The molecule has 1 aliphatic heterocycles. The molecule has 1 aromatic rings. The van der Waals surface area contributed by atoms with Gasteiger partial charge in [-0.2, -0.15) is 0 Å². The topological polar surface area (TPSA) is 56.5 Å². The molecule has 0 amide bonds. The normalized spacial score (nSPS) is 18.6. The van der Waals surface area contributed by atoms with Crippen molar-refractivity contribution in [3.63, 3.8) is 0 Å². The fraction of sp³-hybridized carbons (Fsp3) is 0.571. The summed E-state index contributed by atoms with van der Waals surface area (Å²) in [6.45, 7) is 3.76. The van der Waals surface area contributed by atoms with Crippen molar-refractivity contribution in [1.82, 2.24) is 5.43 Å². The summed E-state index contributed by atoms with van der Waals surface area (Å²) in [6.07, 6.45) is 2.11. The fourth-order valence-corrected chi connectivity index (χ4v) is 2.65. The zero-order valence-electron chi connectivity index (χ0n) is 11.1. The third-order valence-electron chi connectivity index (χ3n) is 3.73. The van der Waals surface area contributed by atoms with Gasteiger partial charge in [-0.25, -0.2) is 0 Å². The van der Waals surface area contributed by atoms with E-state index in [1.807, 2.05) is 6.07 Å². The Hall–Kier alpha value is -1.10. The van der Waals surface area contributed by atoms with Gasteiger partial charge >= 0.3 is 0 Å². The first-order chi connectivity index (χ1) is 8.76. The van der Waals surface area contributed by atoms with Gasteiger partial charge in [-0.1, -0.05) is 6.07 Å². The van der Waals surface area contributed by atoms with Crippen LogP contribution in [0.25, 0.3) is 0 Å². The number of benzene rings is 1. The second-order valence-electron chi connectivity index (χ2n) is 4.82. The van der Waals surface area contributed by atoms with Gasteiger partial charge in [-0.15, -0.1) is 0 Å². The molecule has 100 valence electrons. The van der Waals surface area contributed by atoms with Gasteiger partial charge in [0.1, 0.15) is 5.75 Å². The van der Waals surface area contributed by atoms with Gasteiger partial charge in [-0.05, 0) is 48.9 Å². The molecule has 1 atom stereocenters. The maximum atomic E-state index is 5.75. The molecule has 1 aliphatic rings. The van der Waals surface area contributed by atoms with Gasteiger partial charge in [0.05, 0.1) is 7.11 Å². The molecule has 0 saturated carbocycles. The Bertz CT molecular complexity index is 389. The predicted molar refractivity (Wildman–Crippen MR) is 71.3 cm³/mol. The van der Waals surface area contributed by atoms with Crippen LogP contribution in [0.4, 0.5) is 0 Å². The number of hydrogen-bond acceptors (Lipinski definition) is 4. The average Bonchev–Trinajstić information content (AvgIpc) is 2.42. The minimum Gasteiger partial charge on any atom is -0.497 e. The Morgan fingerprint density at radius 1 is 1.39 bits per heavy atom. The minimum absolute atomic E-state index is 0.194. The molecule has 4 heteroatoms. The number of nitrogens with two attached hydrogens (primary N) is 1. The minimum atomic E-state index is 0.194. The van der Waals surface area contributed by atoms with Crippen LogP contribution in [0.2, 0.25) is 0 Å². The molecule has 1 unspecified atom stereocenters. The standard InChI is InChI=1S/C14H22N2O2/c1-10-9-12(17-2)3-4-13(10)14(16-15)11-5-7-18-8-6-11/h3-4,9,11,14,16H,5-8,15H2,1-2H3. The van der Waals surface area contributed by atoms with E-state index >= 15 is 0 Å². The van der Waals surface area contributed by atoms with Gasteiger partial charge in [0, 0.05) is 19.3 Å². The number of rotatable bonds is 4. The van der Waals surface area contributed by atoms with Crippen LogP contribution in [0, 0.1) is 12.8 Å². The van der Waals surface area contributed by atoms with Crippen molar-refractivity contribution in [3.05, 3.63) is 29.3 Å². The van der Waals surface area contributed by atoms with Crippen molar-refractivity contribution in [2.45, 2.75) is 25.8 Å². The highest BCUT2D eigenvalue weighted by atomic mass is 16.5. The third-order valence-corrected chi connectivity index (χ3v) is 3.73. The van der Waals surface area contributed by atoms with Gasteiger partial charge in [-0.3, -0.25) is 11.3 Å². The van der Waals surface area contributed by atoms with E-state index in [4.69, 9.17) is 15.3 Å². The van der Waals surface area contributed by atoms with Crippen molar-refractivity contribution in [1.29, 1.82) is 0 Å². The lowest BCUT2D eigenvalue weighted by Crippen LogP contribution is -2.36. The molecular weight excluding hydrogens is 228 g/mol. The second kappa shape index (κ2) is 6.18. The molecule has 0 radical (unpaired) electrons. The Balaban J connectivity index is 2.20. The van der Waals surface area contributed by atoms with E-state index in [2.05, 4.69) is 24.5 Å². The maximum Gasteiger partial charge on any atom is 0.119 e. The summed E-state index contributed by atoms with van der Waals surface area (Å²) in [5.74, 6) is 7.18. The molecule has 1 saturated heterocycles. The Morgan fingerprint density at radius 3 is 2.67 bits per heavy atom. The van der Waals surface area contributed by atoms with E-state index in [0.29, 0.717) is 5.92 Å². The summed E-state index contributed by atoms with van der Waals surface area (Å²) < 4.78 is 10.6. The first-order valence-corrected chi connectivity index (χ1v) is 6.44. The number of hydrazine groups is 1. The highest BCUT2D eigenvalue weighted by molar-refractivity contribution is 5.37. The van der Waals surface area contributed by atoms with Crippen LogP contribution < -0.4 is 16.0 Å². The van der Waals surface area contributed by atoms with Gasteiger partial charge in [0.15, 0.2) is 0 Å². The summed E-state index contributed by atoms with van der Waals surface area (Å²) in [6, 6.07) is 6.35. The third kappa shape index (κ3) is 2.83. The van der Waals surface area contributed by atoms with Crippen LogP contribution in [-0.4, -0.2) is 20.3 Å². The van der Waals surface area contributed by atoms with Crippen LogP contribution in [-0.2, 0) is 4.74 Å². The summed E-state index contributed by atoms with van der Waals surface area (Å²) in [7, 11) is 1.69. The van der Waals surface area contributed by atoms with Crippen molar-refractivity contribution in [3.8, 4) is 5.75 Å². The SMILES string of the molecule is COc1ccc(C(NN)C2CCOCC2)c(C)c1. The lowest BCUT2D eigenvalue weighted by molar-refractivity contribution is 0.0535. The van der Waals surface area contributed by atoms with Crippen LogP contribution in [0.5, 0.6) is 5.75 Å². The molecule has 18 heavy (non-hydrogen) atoms. The predicted octanol–water partition coefficient (Wildman–Crippen LogP) is 1.93. The fourth-order valence-electron chi connectivity index (χ4n) is 2.65. The van der Waals surface area contributed by atoms with Crippen molar-refractivity contribution < 1.29 is 9.47 Å². The van der Waals surface area contributed by atoms with Crippen molar-refractivity contribution in [2.75, 3.05) is 20.3 Å². The lowest BCUT2D eigenvalue weighted by atomic mass is 9.85. The van der Waals surface area contributed by atoms with E-state index in [1.54, 1.807) is 7.11 Å². The zero-order chi connectivity index (χ0) is 13.0. The highest BCUT2D eigenvalue weighted by Crippen LogP contribution is 2.32. The van der Waals surface area contributed by atoms with Gasteiger partial charge < -0.3 is 9.47 Å². The van der Waals surface area contributed by atoms with E-state index in [1.165, 1.54) is 11.1 Å². The molecule has 2 rings (SSSR count). The smallest absolute Gasteiger partial charge is 0.119 e. The molecular formula is C14H22N2O2. The maximum absolute atomic E-state index is 5.75. The number of aryl methyl sites for hydroxylation is 1. The Labute approximate surface area is 108 Å². The molecule has 0 aromatic heterocycles. The molecule has 1 fully saturated rings. The van der Waals surface area contributed by atoms with Crippen LogP contribution >= 0.6 is 0 Å². The molecule has 0 bridgehead atoms. The number of nitrogens with one attached hydrogen (secondary N) is 1. The monoisotopic (exact) mass is 250 g/mol. The highest BCUT2D eigenvalue weighted by Gasteiger charge is 2.25. The first-order valence-electron chi connectivity index (χ1n) is 6.44. The number of hydrogen-bond donors (Lipinski definition) is 2. The zero-order valence-corrected chi connectivity index (χ0v) is 11.1. The molecule has 1 aromatic carbocycles. The van der Waals surface area contributed by atoms with Crippen molar-refractivity contribution in [2.24, 2.45) is 11.8 Å². The first kappa shape index (κ1) is 13.3. The lowest BCUT2D eigenvalue weighted by Gasteiger charge is -2.31. The molecule has 1 heterocycles.